The van der Waals surface area contributed by atoms with E-state index in [1.165, 1.54) is 54.8 Å². The average Bonchev–Trinajstić information content (AvgIpc) is 1.45. The van der Waals surface area contributed by atoms with Crippen LogP contribution in [0, 0.1) is 0 Å². The van der Waals surface area contributed by atoms with Crippen molar-refractivity contribution in [1.29, 1.82) is 0 Å². The van der Waals surface area contributed by atoms with Gasteiger partial charge in [0.25, 0.3) is 0 Å². The number of unbranched alkanes of at least 4 members (excludes halogenated alkanes) is 2. The lowest BCUT2D eigenvalue weighted by Crippen LogP contribution is -2.65. The van der Waals surface area contributed by atoms with E-state index in [1.807, 2.05) is 18.2 Å². The summed E-state index contributed by atoms with van der Waals surface area (Å²) in [5.41, 5.74) is 27.7. The van der Waals surface area contributed by atoms with Crippen molar-refractivity contribution in [1.82, 2.24) is 74.1 Å². The molecule has 5 rings (SSSR count). The molecule has 1 aromatic heterocycles. The van der Waals surface area contributed by atoms with Crippen LogP contribution in [0.2, 0.25) is 0 Å². The number of carboxylic acids is 1. The fourth-order valence-corrected chi connectivity index (χ4v) is 13.7. The number of rotatable bonds is 55. The molecular formula is C84H119N19O21S2. The van der Waals surface area contributed by atoms with Gasteiger partial charge in [0.2, 0.25) is 100 Å². The first-order valence-electron chi connectivity index (χ1n) is 40.9. The number of amides is 17. The largest absolute Gasteiger partial charge is 0.497 e. The number of aromatic nitrogens is 1. The highest BCUT2D eigenvalue weighted by Crippen LogP contribution is 2.26. The Kier molecular flexibility index (Phi) is 41.2. The molecule has 0 saturated heterocycles. The number of hydrogen-bond donors (Lipinski definition) is 23. The molecule has 688 valence electrons. The monoisotopic (exact) mass is 1790 g/mol. The highest BCUT2D eigenvalue weighted by Gasteiger charge is 2.44. The van der Waals surface area contributed by atoms with Gasteiger partial charge in [-0.3, -0.25) is 86.3 Å². The van der Waals surface area contributed by atoms with E-state index in [9.17, 15) is 62.6 Å². The molecule has 0 bridgehead atoms. The summed E-state index contributed by atoms with van der Waals surface area (Å²) in [6.07, 6.45) is -4.40. The molecule has 0 fully saturated rings. The molecule has 0 spiro atoms. The molecule has 1 heterocycles. The summed E-state index contributed by atoms with van der Waals surface area (Å²) in [5.74, 6) is -17.5. The summed E-state index contributed by atoms with van der Waals surface area (Å²) >= 11 is 9.22. The van der Waals surface area contributed by atoms with E-state index in [2.05, 4.69) is 86.7 Å². The predicted octanol–water partition coefficient (Wildman–Crippen LogP) is -2.42. The van der Waals surface area contributed by atoms with Crippen molar-refractivity contribution in [3.05, 3.63) is 114 Å². The van der Waals surface area contributed by atoms with Gasteiger partial charge in [0.05, 0.1) is 26.2 Å². The Morgan fingerprint density at radius 3 is 1.56 bits per heavy atom. The van der Waals surface area contributed by atoms with Crippen molar-refractivity contribution in [2.24, 2.45) is 28.7 Å². The second-order valence-corrected chi connectivity index (χ2v) is 34.3. The van der Waals surface area contributed by atoms with Crippen molar-refractivity contribution in [3.63, 3.8) is 0 Å². The molecule has 26 N–H and O–H groups in total. The Balaban J connectivity index is 1.55. The number of hydrogen-bond acceptors (Lipinski definition) is 23. The van der Waals surface area contributed by atoms with Crippen molar-refractivity contribution in [3.8, 4) is 5.75 Å². The van der Waals surface area contributed by atoms with Gasteiger partial charge in [0.1, 0.15) is 71.7 Å². The van der Waals surface area contributed by atoms with E-state index < -0.39 is 227 Å². The number of aliphatic hydroxyl groups excluding tert-OH is 1. The molecule has 126 heavy (non-hydrogen) atoms. The van der Waals surface area contributed by atoms with Crippen LogP contribution < -0.4 is 103 Å². The third kappa shape index (κ3) is 34.9. The summed E-state index contributed by atoms with van der Waals surface area (Å²) in [6, 6.07) is 8.49. The van der Waals surface area contributed by atoms with Gasteiger partial charge in [-0.05, 0) is 152 Å². The zero-order valence-electron chi connectivity index (χ0n) is 71.7. The highest BCUT2D eigenvalue weighted by molar-refractivity contribution is 7.82. The molecule has 17 amide bonds. The number of methoxy groups -OCH3 is 1. The number of nitrogens with one attached hydrogen (secondary N) is 14. The lowest BCUT2D eigenvalue weighted by Gasteiger charge is -2.34. The Morgan fingerprint density at radius 2 is 0.984 bits per heavy atom. The third-order valence-electron chi connectivity index (χ3n) is 20.3. The molecule has 0 aliphatic carbocycles. The fourth-order valence-electron chi connectivity index (χ4n) is 13.4. The number of aliphatic hydroxyl groups is 1. The average molecular weight is 1800 g/mol. The minimum Gasteiger partial charge on any atom is -0.497 e. The van der Waals surface area contributed by atoms with E-state index >= 15 is 28.8 Å². The van der Waals surface area contributed by atoms with Crippen LogP contribution in [0.15, 0.2) is 97.2 Å². The van der Waals surface area contributed by atoms with Gasteiger partial charge in [-0.15, -0.1) is 0 Å². The van der Waals surface area contributed by atoms with Crippen LogP contribution in [-0.4, -0.2) is 230 Å². The maximum absolute atomic E-state index is 15.6. The molecule has 0 aliphatic heterocycles. The van der Waals surface area contributed by atoms with Gasteiger partial charge in [-0.2, -0.15) is 25.3 Å². The molecule has 5 aromatic rings. The summed E-state index contributed by atoms with van der Waals surface area (Å²) in [7, 11) is 1.42. The molecule has 42 heteroatoms. The summed E-state index contributed by atoms with van der Waals surface area (Å²) in [5, 5.41) is 55.7. The minimum atomic E-state index is -1.99. The van der Waals surface area contributed by atoms with Crippen LogP contribution in [0.1, 0.15) is 155 Å². The van der Waals surface area contributed by atoms with Gasteiger partial charge in [-0.1, -0.05) is 72.8 Å². The van der Waals surface area contributed by atoms with Crippen molar-refractivity contribution < 1.29 is 101 Å². The number of ether oxygens (including phenoxy) is 1. The first-order chi connectivity index (χ1) is 59.2. The van der Waals surface area contributed by atoms with Crippen LogP contribution in [0.25, 0.3) is 21.7 Å². The van der Waals surface area contributed by atoms with Crippen LogP contribution in [-0.2, 0) is 106 Å². The van der Waals surface area contributed by atoms with Gasteiger partial charge in [0, 0.05) is 85.0 Å². The second kappa shape index (κ2) is 49.9. The number of primary amides is 4. The SMILES string of the molecule is COc1ccc(C[C@H](NC(=O)[C@@H](NC(=O)[C@H](CCC(N)=O)NC(=O)[C@H](Cc2c[nH]c3ccccc23)NC(=O)[C@@H](NC(=O)[C@H](CCC(N)=O)NC(=O)[C@@H](NC(=O)CCCC(=O)O)C(C)(C)S)[C@@H](C)O)C(C)(C)S)C(=O)N[C@@H](Cc2ccc3ccccc3c2)C(=O)N[C@@](C)(CCCCN)C(=O)N[C@@H](CCCCNC(C)=O)C(=O)N[C@@H](CC(N)=O)C(=O)NCC(N)=O)cc1. The van der Waals surface area contributed by atoms with Gasteiger partial charge >= 0.3 is 5.97 Å². The molecule has 12 atom stereocenters. The van der Waals surface area contributed by atoms with E-state index in [1.54, 1.807) is 72.8 Å². The number of para-hydroxylation sites is 1. The number of benzene rings is 4. The number of H-pyrrole nitrogens is 1. The van der Waals surface area contributed by atoms with E-state index in [4.69, 9.17) is 51.1 Å². The van der Waals surface area contributed by atoms with Crippen LogP contribution in [0.4, 0.5) is 0 Å². The maximum atomic E-state index is 15.6. The third-order valence-corrected chi connectivity index (χ3v) is 20.8. The molecule has 40 nitrogen and oxygen atoms in total. The molecule has 0 unspecified atom stereocenters. The molecule has 0 saturated carbocycles. The summed E-state index contributed by atoms with van der Waals surface area (Å²) in [6.45, 7) is 9.12. The topological polar surface area (TPSA) is 659 Å². The normalized spacial score (nSPS) is 14.5. The maximum Gasteiger partial charge on any atom is 0.303 e. The van der Waals surface area contributed by atoms with Gasteiger partial charge < -0.3 is 118 Å². The van der Waals surface area contributed by atoms with Gasteiger partial charge in [0.15, 0.2) is 0 Å². The number of thiol groups is 2. The number of carboxylic acid groups (broad SMARTS) is 1. The first-order valence-corrected chi connectivity index (χ1v) is 41.8. The number of carbonyl (C=O) groups excluding carboxylic acids is 17. The minimum absolute atomic E-state index is 0.0924. The second-order valence-electron chi connectivity index (χ2n) is 32.0. The number of carbonyl (C=O) groups is 18. The van der Waals surface area contributed by atoms with Crippen molar-refractivity contribution in [2.75, 3.05) is 26.7 Å². The van der Waals surface area contributed by atoms with Crippen LogP contribution in [0.5, 0.6) is 5.75 Å². The Morgan fingerprint density at radius 1 is 0.476 bits per heavy atom. The lowest BCUT2D eigenvalue weighted by atomic mass is 9.91. The number of nitrogens with two attached hydrogens (primary N) is 5. The number of fused-ring (bicyclic) bond motifs is 2. The number of aliphatic carboxylic acids is 1. The van der Waals surface area contributed by atoms with Gasteiger partial charge in [-0.25, -0.2) is 0 Å². The molecular weight excluding hydrogens is 1680 g/mol. The Labute approximate surface area is 739 Å². The zero-order chi connectivity index (χ0) is 93.9. The standard InChI is InChI=1S/C84H119N19O21S2/c1-45(104)68(101-73(115)56(31-33-62(86)106)94-79(121)69(82(3,4)125)100-66(110)23-17-24-67(111)112)78(120)97-60(41-51-43-91-54-21-12-11-20-53(51)54)76(118)93-57(32-34-63(87)107)74(116)102-70(83(5,6)126)80(122)98-58(39-47-26-29-52(124-8)30-27-47)75(117)95-59(40-48-25-28-49-18-9-10-19-50(49)38-48)77(119)103-84(7,35-14-15-36-85)81(123)99-55(22-13-16-37-90-46(2)105)72(114)96-61(42-64(88)108)71(113)92-44-65(89)109/h9-12,18-21,25-30,38,43,45,55-61,68-70,91,104,125-126H,13-17,22-24,31-37,39-42,44,85H2,1-8H3,(H2,86,106)(H2,87,107)(H2,88,108)(H2,89,109)(H,90,105)(H,92,113)(H,93,118)(H,94,121)(H,95,117)(H,96,114)(H,97,120)(H,98,122)(H,99,123)(H,100,110)(H,101,115)(H,102,116)(H,103,119)(H,111,112)/t45-,55+,56+,57+,58+,59+,60+,61+,68+,69-,70-,84+/m1/s1. The smallest absolute Gasteiger partial charge is 0.303 e. The fraction of sp³-hybridized carbons (Fsp3) is 0.500. The molecule has 0 radical (unpaired) electrons. The lowest BCUT2D eigenvalue weighted by molar-refractivity contribution is -0.138. The first kappa shape index (κ1) is 104. The summed E-state index contributed by atoms with van der Waals surface area (Å²) in [4.78, 5) is 251. The summed E-state index contributed by atoms with van der Waals surface area (Å²) < 4.78 is 2.43. The Hall–Kier alpha value is -12.4. The quantitative estimate of drug-likeness (QED) is 0.0142. The predicted molar refractivity (Wildman–Crippen MR) is 470 cm³/mol. The Bertz CT molecular complexity index is 4710. The van der Waals surface area contributed by atoms with E-state index in [0.29, 0.717) is 39.8 Å². The van der Waals surface area contributed by atoms with Crippen molar-refractivity contribution in [2.45, 2.75) is 239 Å². The molecule has 4 aromatic carbocycles. The van der Waals surface area contributed by atoms with E-state index in [-0.39, 0.29) is 83.2 Å². The molecule has 0 aliphatic rings. The van der Waals surface area contributed by atoms with Crippen LogP contribution >= 0.6 is 25.3 Å². The zero-order valence-corrected chi connectivity index (χ0v) is 73.5. The number of aromatic amines is 1. The highest BCUT2D eigenvalue weighted by atomic mass is 32.1. The van der Waals surface area contributed by atoms with E-state index in [0.717, 1.165) is 17.7 Å². The van der Waals surface area contributed by atoms with Crippen LogP contribution in [0.3, 0.4) is 0 Å². The van der Waals surface area contributed by atoms with Crippen molar-refractivity contribution >= 4 is 153 Å².